The predicted octanol–water partition coefficient (Wildman–Crippen LogP) is 1.63. The zero-order chi connectivity index (χ0) is 13.1. The highest BCUT2D eigenvalue weighted by atomic mass is 79.9. The molecular weight excluding hydrogens is 306 g/mol. The molecule has 0 amide bonds. The molecule has 0 atom stereocenters. The molecule has 0 fully saturated rings. The van der Waals surface area contributed by atoms with Crippen LogP contribution in [0.1, 0.15) is 5.56 Å². The van der Waals surface area contributed by atoms with E-state index in [1.165, 1.54) is 6.26 Å². The van der Waals surface area contributed by atoms with Crippen LogP contribution in [0.4, 0.5) is 0 Å². The minimum Gasteiger partial charge on any atom is -0.506 e. The summed E-state index contributed by atoms with van der Waals surface area (Å²) < 4.78 is 22.7. The average Bonchev–Trinajstić information content (AvgIpc) is 2.21. The van der Waals surface area contributed by atoms with Gasteiger partial charge in [-0.15, -0.1) is 0 Å². The molecule has 0 aliphatic carbocycles. The van der Waals surface area contributed by atoms with Crippen LogP contribution in [0.5, 0.6) is 5.75 Å². The van der Waals surface area contributed by atoms with Crippen LogP contribution in [0.15, 0.2) is 22.7 Å². The maximum atomic E-state index is 11.0. The van der Waals surface area contributed by atoms with Gasteiger partial charge in [0.15, 0.2) is 0 Å². The Hall–Kier alpha value is -0.590. The van der Waals surface area contributed by atoms with E-state index in [4.69, 9.17) is 0 Å². The Labute approximate surface area is 110 Å². The fraction of sp³-hybridized carbons (Fsp3) is 0.455. The number of hydrogen-bond acceptors (Lipinski definition) is 4. The molecule has 6 heteroatoms. The summed E-state index contributed by atoms with van der Waals surface area (Å²) in [5.41, 5.74) is 0.773. The highest BCUT2D eigenvalue weighted by molar-refractivity contribution is 9.10. The van der Waals surface area contributed by atoms with Crippen LogP contribution in [-0.4, -0.2) is 44.0 Å². The van der Waals surface area contributed by atoms with Gasteiger partial charge >= 0.3 is 0 Å². The molecule has 0 bridgehead atoms. The van der Waals surface area contributed by atoms with Gasteiger partial charge in [0.25, 0.3) is 0 Å². The van der Waals surface area contributed by atoms with Gasteiger partial charge in [0.1, 0.15) is 15.6 Å². The van der Waals surface area contributed by atoms with Crippen LogP contribution in [0, 0.1) is 0 Å². The third-order valence-electron chi connectivity index (χ3n) is 2.35. The Morgan fingerprint density at radius 3 is 2.65 bits per heavy atom. The van der Waals surface area contributed by atoms with Gasteiger partial charge in [-0.1, -0.05) is 12.1 Å². The van der Waals surface area contributed by atoms with Gasteiger partial charge in [0.05, 0.1) is 10.2 Å². The largest absolute Gasteiger partial charge is 0.506 e. The predicted molar refractivity (Wildman–Crippen MR) is 71.9 cm³/mol. The Balaban J connectivity index is 2.62. The number of hydrogen-bond donors (Lipinski definition) is 1. The highest BCUT2D eigenvalue weighted by Gasteiger charge is 2.09. The molecule has 0 radical (unpaired) electrons. The van der Waals surface area contributed by atoms with Crippen molar-refractivity contribution >= 4 is 25.8 Å². The molecule has 0 saturated carbocycles. The second-order valence-corrected chi connectivity index (χ2v) is 7.23. The van der Waals surface area contributed by atoms with Crippen molar-refractivity contribution in [1.29, 1.82) is 0 Å². The summed E-state index contributed by atoms with van der Waals surface area (Å²) in [6, 6.07) is 5.41. The molecule has 0 spiro atoms. The van der Waals surface area contributed by atoms with Crippen LogP contribution in [0.25, 0.3) is 0 Å². The summed E-state index contributed by atoms with van der Waals surface area (Å²) in [6.45, 7) is 0.964. The highest BCUT2D eigenvalue weighted by Crippen LogP contribution is 2.27. The smallest absolute Gasteiger partial charge is 0.148 e. The number of aromatic hydroxyl groups is 1. The normalized spacial score (nSPS) is 12.0. The lowest BCUT2D eigenvalue weighted by molar-refractivity contribution is 0.337. The molecule has 1 aromatic carbocycles. The van der Waals surface area contributed by atoms with Crippen molar-refractivity contribution in [3.63, 3.8) is 0 Å². The number of para-hydroxylation sites is 1. The van der Waals surface area contributed by atoms with Crippen LogP contribution in [0.3, 0.4) is 0 Å². The fourth-order valence-electron chi connectivity index (χ4n) is 1.38. The molecule has 1 aromatic rings. The summed E-state index contributed by atoms with van der Waals surface area (Å²) in [6.07, 6.45) is 1.22. The third-order valence-corrected chi connectivity index (χ3v) is 3.92. The Bertz CT molecular complexity index is 487. The molecule has 0 aliphatic heterocycles. The Morgan fingerprint density at radius 1 is 1.41 bits per heavy atom. The van der Waals surface area contributed by atoms with E-state index >= 15 is 0 Å². The van der Waals surface area contributed by atoms with Crippen LogP contribution in [0.2, 0.25) is 0 Å². The van der Waals surface area contributed by atoms with Crippen molar-refractivity contribution in [3.8, 4) is 5.75 Å². The first-order valence-electron chi connectivity index (χ1n) is 5.12. The number of halogens is 1. The third kappa shape index (κ3) is 5.06. The lowest BCUT2D eigenvalue weighted by Crippen LogP contribution is -2.24. The minimum atomic E-state index is -2.94. The van der Waals surface area contributed by atoms with E-state index < -0.39 is 9.84 Å². The van der Waals surface area contributed by atoms with Crippen molar-refractivity contribution in [2.45, 2.75) is 6.54 Å². The van der Waals surface area contributed by atoms with Gasteiger partial charge in [-0.05, 0) is 29.0 Å². The lowest BCUT2D eigenvalue weighted by atomic mass is 10.2. The molecule has 0 aliphatic rings. The van der Waals surface area contributed by atoms with Crippen LogP contribution in [-0.2, 0) is 16.4 Å². The number of sulfone groups is 1. The van der Waals surface area contributed by atoms with E-state index in [2.05, 4.69) is 15.9 Å². The molecule has 1 N–H and O–H groups in total. The average molecular weight is 322 g/mol. The summed E-state index contributed by atoms with van der Waals surface area (Å²) in [5.74, 6) is 0.330. The first-order chi connectivity index (χ1) is 7.79. The zero-order valence-corrected chi connectivity index (χ0v) is 12.3. The lowest BCUT2D eigenvalue weighted by Gasteiger charge is -2.17. The number of rotatable bonds is 5. The van der Waals surface area contributed by atoms with Gasteiger partial charge in [0, 0.05) is 24.9 Å². The molecule has 0 unspecified atom stereocenters. The standard InChI is InChI=1S/C11H16BrNO3S/c1-13(6-7-17(2,15)16)8-9-4-3-5-10(12)11(9)14/h3-5,14H,6-8H2,1-2H3. The van der Waals surface area contributed by atoms with Gasteiger partial charge in [-0.3, -0.25) is 0 Å². The van der Waals surface area contributed by atoms with E-state index in [0.717, 1.165) is 5.56 Å². The van der Waals surface area contributed by atoms with E-state index in [9.17, 15) is 13.5 Å². The molecule has 96 valence electrons. The number of phenolic OH excluding ortho intramolecular Hbond substituents is 1. The second kappa shape index (κ2) is 5.84. The summed E-state index contributed by atoms with van der Waals surface area (Å²) in [7, 11) is -1.12. The van der Waals surface area contributed by atoms with Crippen molar-refractivity contribution in [1.82, 2.24) is 4.90 Å². The van der Waals surface area contributed by atoms with E-state index in [0.29, 0.717) is 17.6 Å². The number of nitrogens with zero attached hydrogens (tertiary/aromatic N) is 1. The SMILES string of the molecule is CN(CCS(C)(=O)=O)Cc1cccc(Br)c1O. The topological polar surface area (TPSA) is 57.6 Å². The molecule has 17 heavy (non-hydrogen) atoms. The van der Waals surface area contributed by atoms with Gasteiger partial charge in [-0.2, -0.15) is 0 Å². The molecular formula is C11H16BrNO3S. The molecule has 4 nitrogen and oxygen atoms in total. The van der Waals surface area contributed by atoms with E-state index in [1.54, 1.807) is 6.07 Å². The maximum absolute atomic E-state index is 11.0. The van der Waals surface area contributed by atoms with Gasteiger partial charge < -0.3 is 10.0 Å². The molecule has 0 aromatic heterocycles. The molecule has 0 saturated heterocycles. The summed E-state index contributed by atoms with van der Waals surface area (Å²) >= 11 is 3.24. The Morgan fingerprint density at radius 2 is 2.06 bits per heavy atom. The molecule has 0 heterocycles. The number of phenols is 1. The minimum absolute atomic E-state index is 0.123. The van der Waals surface area contributed by atoms with Crippen molar-refractivity contribution in [2.75, 3.05) is 25.6 Å². The summed E-state index contributed by atoms with van der Waals surface area (Å²) in [5, 5.41) is 9.78. The van der Waals surface area contributed by atoms with Crippen molar-refractivity contribution < 1.29 is 13.5 Å². The summed E-state index contributed by atoms with van der Waals surface area (Å²) in [4.78, 5) is 1.86. The van der Waals surface area contributed by atoms with Crippen molar-refractivity contribution in [2.24, 2.45) is 0 Å². The zero-order valence-electron chi connectivity index (χ0n) is 9.85. The first kappa shape index (κ1) is 14.5. The van der Waals surface area contributed by atoms with Crippen LogP contribution >= 0.6 is 15.9 Å². The fourth-order valence-corrected chi connectivity index (χ4v) is 2.43. The molecule has 1 rings (SSSR count). The van der Waals surface area contributed by atoms with Gasteiger partial charge in [0.2, 0.25) is 0 Å². The van der Waals surface area contributed by atoms with E-state index in [-0.39, 0.29) is 11.5 Å². The van der Waals surface area contributed by atoms with Crippen molar-refractivity contribution in [3.05, 3.63) is 28.2 Å². The van der Waals surface area contributed by atoms with Crippen LogP contribution < -0.4 is 0 Å². The Kier molecular flexibility index (Phi) is 4.97. The second-order valence-electron chi connectivity index (χ2n) is 4.12. The first-order valence-corrected chi connectivity index (χ1v) is 7.97. The van der Waals surface area contributed by atoms with E-state index in [1.807, 2.05) is 24.1 Å². The number of benzene rings is 1. The van der Waals surface area contributed by atoms with Gasteiger partial charge in [-0.25, -0.2) is 8.42 Å². The monoisotopic (exact) mass is 321 g/mol. The quantitative estimate of drug-likeness (QED) is 0.895. The maximum Gasteiger partial charge on any atom is 0.148 e.